The van der Waals surface area contributed by atoms with E-state index in [1.165, 1.54) is 12.1 Å². The van der Waals surface area contributed by atoms with E-state index in [-0.39, 0.29) is 23.0 Å². The van der Waals surface area contributed by atoms with Gasteiger partial charge in [-0.05, 0) is 70.3 Å². The van der Waals surface area contributed by atoms with Crippen molar-refractivity contribution in [2.24, 2.45) is 11.1 Å². The summed E-state index contributed by atoms with van der Waals surface area (Å²) in [4.78, 5) is 4.11. The highest BCUT2D eigenvalue weighted by Crippen LogP contribution is 2.38. The number of benzene rings is 2. The lowest BCUT2D eigenvalue weighted by atomic mass is 9.76. The fraction of sp³-hybridized carbons (Fsp3) is 0.536. The van der Waals surface area contributed by atoms with Crippen molar-refractivity contribution >= 4 is 5.84 Å². The highest BCUT2D eigenvalue weighted by Gasteiger charge is 2.47. The summed E-state index contributed by atoms with van der Waals surface area (Å²) in [5.74, 6) is -0.754. The summed E-state index contributed by atoms with van der Waals surface area (Å²) in [5.41, 5.74) is -0.411. The molecule has 0 spiro atoms. The van der Waals surface area contributed by atoms with E-state index in [2.05, 4.69) is 29.2 Å². The number of hydrogen-bond donors (Lipinski definition) is 2. The molecule has 2 aromatic carbocycles. The second-order valence-electron chi connectivity index (χ2n) is 10.3. The van der Waals surface area contributed by atoms with Gasteiger partial charge in [-0.2, -0.15) is 0 Å². The minimum atomic E-state index is -1.01. The quantitative estimate of drug-likeness (QED) is 0.238. The second-order valence-corrected chi connectivity index (χ2v) is 10.3. The van der Waals surface area contributed by atoms with Crippen molar-refractivity contribution in [1.29, 1.82) is 0 Å². The number of likely N-dealkylation sites (tertiary alicyclic amines) is 1. The van der Waals surface area contributed by atoms with Gasteiger partial charge in [0.15, 0.2) is 17.5 Å². The number of ether oxygens (including phenoxy) is 1. The molecule has 36 heavy (non-hydrogen) atoms. The molecule has 2 heterocycles. The van der Waals surface area contributed by atoms with Crippen LogP contribution in [0.25, 0.3) is 0 Å². The van der Waals surface area contributed by atoms with Gasteiger partial charge in [0.25, 0.3) is 0 Å². The van der Waals surface area contributed by atoms with Crippen LogP contribution >= 0.6 is 0 Å². The topological polar surface area (TPSA) is 60.3 Å². The predicted molar refractivity (Wildman–Crippen MR) is 138 cm³/mol. The van der Waals surface area contributed by atoms with E-state index in [4.69, 9.17) is 4.74 Å². The van der Waals surface area contributed by atoms with Gasteiger partial charge in [-0.15, -0.1) is 0 Å². The fourth-order valence-electron chi connectivity index (χ4n) is 5.71. The van der Waals surface area contributed by atoms with E-state index >= 15 is 0 Å². The third kappa shape index (κ3) is 5.65. The van der Waals surface area contributed by atoms with E-state index in [1.54, 1.807) is 11.9 Å². The van der Waals surface area contributed by atoms with Gasteiger partial charge >= 0.3 is 0 Å². The summed E-state index contributed by atoms with van der Waals surface area (Å²) < 4.78 is 34.8. The standard InChI is InChI=1S/C28H38F2N4O2/c1-20-14-15-21(28(2,25-13-8-16-31-25)36-22-9-5-4-6-10-22)19-34(20)18-17-33(3)27(32-35)23-11-7-12-24(29)26(23)30/h4-7,9-12,20-21,25,31,35H,8,13-19H2,1-3H3/t20-,21-,25?,28?/m1/s1. The molecule has 2 aliphatic rings. The van der Waals surface area contributed by atoms with Crippen LogP contribution in [0.1, 0.15) is 45.1 Å². The lowest BCUT2D eigenvalue weighted by Gasteiger charge is -2.48. The van der Waals surface area contributed by atoms with E-state index in [9.17, 15) is 14.0 Å². The summed E-state index contributed by atoms with van der Waals surface area (Å²) in [6.45, 7) is 7.56. The highest BCUT2D eigenvalue weighted by molar-refractivity contribution is 5.98. The van der Waals surface area contributed by atoms with Crippen LogP contribution in [0, 0.1) is 17.6 Å². The molecule has 2 aliphatic heterocycles. The first-order valence-corrected chi connectivity index (χ1v) is 12.9. The number of hydrogen-bond acceptors (Lipinski definition) is 5. The SMILES string of the molecule is C[C@@H]1CC[C@@H](C(C)(Oc2ccccc2)C2CCCN2)CN1CCN(C)C(=NO)c1cccc(F)c1F. The summed E-state index contributed by atoms with van der Waals surface area (Å²) in [6.07, 6.45) is 4.37. The normalized spacial score (nSPS) is 24.9. The number of nitrogens with zero attached hydrogens (tertiary/aromatic N) is 3. The Morgan fingerprint density at radius 2 is 1.94 bits per heavy atom. The molecule has 4 rings (SSSR count). The Labute approximate surface area is 212 Å². The van der Waals surface area contributed by atoms with Crippen molar-refractivity contribution in [3.8, 4) is 5.75 Å². The molecule has 0 amide bonds. The van der Waals surface area contributed by atoms with Gasteiger partial charge in [0.05, 0.1) is 5.56 Å². The van der Waals surface area contributed by atoms with Crippen LogP contribution < -0.4 is 10.1 Å². The van der Waals surface area contributed by atoms with Crippen molar-refractivity contribution in [2.75, 3.05) is 33.2 Å². The first kappa shape index (κ1) is 26.4. The molecule has 2 N–H and O–H groups in total. The number of halogens is 2. The molecule has 2 unspecified atom stereocenters. The molecule has 8 heteroatoms. The molecular weight excluding hydrogens is 462 g/mol. The molecule has 196 valence electrons. The van der Waals surface area contributed by atoms with E-state index in [1.807, 2.05) is 30.3 Å². The van der Waals surface area contributed by atoms with Crippen LogP contribution in [0.5, 0.6) is 5.75 Å². The molecule has 0 radical (unpaired) electrons. The maximum atomic E-state index is 14.3. The number of likely N-dealkylation sites (N-methyl/N-ethyl adjacent to an activating group) is 1. The first-order chi connectivity index (χ1) is 17.3. The average molecular weight is 501 g/mol. The van der Waals surface area contributed by atoms with Crippen LogP contribution in [-0.2, 0) is 0 Å². The zero-order chi connectivity index (χ0) is 25.7. The predicted octanol–water partition coefficient (Wildman–Crippen LogP) is 4.72. The first-order valence-electron chi connectivity index (χ1n) is 12.9. The average Bonchev–Trinajstić information content (AvgIpc) is 3.43. The minimum absolute atomic E-state index is 0.0145. The van der Waals surface area contributed by atoms with Crippen LogP contribution in [0.2, 0.25) is 0 Å². The molecule has 2 saturated heterocycles. The number of nitrogens with one attached hydrogen (secondary N) is 1. The molecule has 2 fully saturated rings. The monoisotopic (exact) mass is 500 g/mol. The van der Waals surface area contributed by atoms with E-state index in [0.29, 0.717) is 25.0 Å². The fourth-order valence-corrected chi connectivity index (χ4v) is 5.71. The van der Waals surface area contributed by atoms with Crippen molar-refractivity contribution < 1.29 is 18.7 Å². The summed E-state index contributed by atoms with van der Waals surface area (Å²) in [7, 11) is 1.73. The van der Waals surface area contributed by atoms with Gasteiger partial charge < -0.3 is 20.2 Å². The number of rotatable bonds is 8. The summed E-state index contributed by atoms with van der Waals surface area (Å²) in [5, 5.41) is 16.5. The largest absolute Gasteiger partial charge is 0.486 e. The van der Waals surface area contributed by atoms with Crippen molar-refractivity contribution in [3.05, 3.63) is 65.7 Å². The van der Waals surface area contributed by atoms with Crippen molar-refractivity contribution in [2.45, 2.75) is 57.2 Å². The van der Waals surface area contributed by atoms with Crippen LogP contribution in [0.15, 0.2) is 53.7 Å². The van der Waals surface area contributed by atoms with Crippen LogP contribution in [0.4, 0.5) is 8.78 Å². The summed E-state index contributed by atoms with van der Waals surface area (Å²) in [6, 6.07) is 14.6. The zero-order valence-corrected chi connectivity index (χ0v) is 21.5. The smallest absolute Gasteiger partial charge is 0.178 e. The van der Waals surface area contributed by atoms with Crippen LogP contribution in [-0.4, -0.2) is 71.8 Å². The second kappa shape index (κ2) is 11.6. The van der Waals surface area contributed by atoms with Gasteiger partial charge in [0.1, 0.15) is 11.4 Å². The molecule has 0 aliphatic carbocycles. The number of oxime groups is 1. The van der Waals surface area contributed by atoms with E-state index in [0.717, 1.165) is 50.6 Å². The molecular formula is C28H38F2N4O2. The highest BCUT2D eigenvalue weighted by atomic mass is 19.2. The lowest BCUT2D eigenvalue weighted by molar-refractivity contribution is -0.0457. The Morgan fingerprint density at radius 1 is 1.17 bits per heavy atom. The molecule has 4 atom stereocenters. The van der Waals surface area contributed by atoms with Gasteiger partial charge in [0, 0.05) is 44.7 Å². The van der Waals surface area contributed by atoms with Gasteiger partial charge in [-0.25, -0.2) is 8.78 Å². The number of para-hydroxylation sites is 1. The minimum Gasteiger partial charge on any atom is -0.486 e. The molecule has 6 nitrogen and oxygen atoms in total. The lowest BCUT2D eigenvalue weighted by Crippen LogP contribution is -2.60. The van der Waals surface area contributed by atoms with Crippen LogP contribution in [0.3, 0.4) is 0 Å². The van der Waals surface area contributed by atoms with Gasteiger partial charge in [-0.3, -0.25) is 4.90 Å². The maximum Gasteiger partial charge on any atom is 0.178 e. The third-order valence-electron chi connectivity index (χ3n) is 8.03. The van der Waals surface area contributed by atoms with Crippen molar-refractivity contribution in [3.63, 3.8) is 0 Å². The molecule has 0 aromatic heterocycles. The number of amidine groups is 1. The third-order valence-corrected chi connectivity index (χ3v) is 8.03. The Hall–Kier alpha value is -2.71. The summed E-state index contributed by atoms with van der Waals surface area (Å²) >= 11 is 0. The molecule has 0 bridgehead atoms. The molecule has 2 aromatic rings. The zero-order valence-electron chi connectivity index (χ0n) is 21.5. The van der Waals surface area contributed by atoms with E-state index < -0.39 is 11.6 Å². The Morgan fingerprint density at radius 3 is 2.64 bits per heavy atom. The number of piperidine rings is 1. The maximum absolute atomic E-state index is 14.3. The van der Waals surface area contributed by atoms with Gasteiger partial charge in [0.2, 0.25) is 0 Å². The van der Waals surface area contributed by atoms with Gasteiger partial charge in [-0.1, -0.05) is 29.4 Å². The Balaban J connectivity index is 1.46. The Bertz CT molecular complexity index is 1030. The Kier molecular flexibility index (Phi) is 8.46. The van der Waals surface area contributed by atoms with Crippen molar-refractivity contribution in [1.82, 2.24) is 15.1 Å². The molecule has 0 saturated carbocycles.